The molecular weight excluding hydrogens is 262 g/mol. The molecule has 2 heterocycles. The SMILES string of the molecule is CC1CC(C)N(C(=O)c2nc(C(C)C)ncc2Cl)C1. The van der Waals surface area contributed by atoms with E-state index in [1.165, 1.54) is 6.20 Å². The third-order valence-electron chi connectivity index (χ3n) is 3.53. The summed E-state index contributed by atoms with van der Waals surface area (Å²) in [5.74, 6) is 1.29. The molecule has 1 aliphatic rings. The molecule has 0 spiro atoms. The highest BCUT2D eigenvalue weighted by atomic mass is 35.5. The van der Waals surface area contributed by atoms with Crippen molar-refractivity contribution in [2.75, 3.05) is 6.54 Å². The molecule has 0 aliphatic carbocycles. The van der Waals surface area contributed by atoms with E-state index in [1.54, 1.807) is 0 Å². The van der Waals surface area contributed by atoms with Crippen LogP contribution in [0.3, 0.4) is 0 Å². The second kappa shape index (κ2) is 5.45. The Balaban J connectivity index is 2.30. The number of nitrogens with zero attached hydrogens (tertiary/aromatic N) is 3. The summed E-state index contributed by atoms with van der Waals surface area (Å²) >= 11 is 6.09. The molecule has 0 bridgehead atoms. The topological polar surface area (TPSA) is 46.1 Å². The quantitative estimate of drug-likeness (QED) is 0.837. The van der Waals surface area contributed by atoms with Crippen LogP contribution in [-0.2, 0) is 0 Å². The summed E-state index contributed by atoms with van der Waals surface area (Å²) in [6.45, 7) is 9.00. The first-order chi connectivity index (χ1) is 8.90. The number of hydrogen-bond acceptors (Lipinski definition) is 3. The van der Waals surface area contributed by atoms with Crippen LogP contribution in [0.25, 0.3) is 0 Å². The third kappa shape index (κ3) is 2.89. The minimum atomic E-state index is -0.0776. The molecule has 2 rings (SSSR count). The average Bonchev–Trinajstić information content (AvgIpc) is 2.68. The van der Waals surface area contributed by atoms with Gasteiger partial charge in [-0.3, -0.25) is 4.79 Å². The van der Waals surface area contributed by atoms with Crippen molar-refractivity contribution in [3.05, 3.63) is 22.7 Å². The van der Waals surface area contributed by atoms with E-state index in [2.05, 4.69) is 23.8 Å². The maximum Gasteiger partial charge on any atom is 0.274 e. The number of rotatable bonds is 2. The van der Waals surface area contributed by atoms with Crippen LogP contribution in [0.4, 0.5) is 0 Å². The van der Waals surface area contributed by atoms with E-state index >= 15 is 0 Å². The summed E-state index contributed by atoms with van der Waals surface area (Å²) in [5, 5.41) is 0.334. The molecule has 0 radical (unpaired) electrons. The number of likely N-dealkylation sites (tertiary alicyclic amines) is 1. The fraction of sp³-hybridized carbons (Fsp3) is 0.643. The molecule has 1 amide bonds. The van der Waals surface area contributed by atoms with Crippen molar-refractivity contribution < 1.29 is 4.79 Å². The van der Waals surface area contributed by atoms with Crippen LogP contribution in [-0.4, -0.2) is 33.4 Å². The molecule has 2 atom stereocenters. The molecule has 1 aromatic heterocycles. The number of carbonyl (C=O) groups excluding carboxylic acids is 1. The van der Waals surface area contributed by atoms with Crippen molar-refractivity contribution in [2.24, 2.45) is 5.92 Å². The highest BCUT2D eigenvalue weighted by Crippen LogP contribution is 2.26. The first kappa shape index (κ1) is 14.3. The number of hydrogen-bond donors (Lipinski definition) is 0. The van der Waals surface area contributed by atoms with Gasteiger partial charge in [0.1, 0.15) is 5.82 Å². The van der Waals surface area contributed by atoms with E-state index in [1.807, 2.05) is 18.7 Å². The summed E-state index contributed by atoms with van der Waals surface area (Å²) in [6, 6.07) is 0.246. The Bertz CT molecular complexity index is 490. The van der Waals surface area contributed by atoms with Crippen molar-refractivity contribution in [1.82, 2.24) is 14.9 Å². The lowest BCUT2D eigenvalue weighted by molar-refractivity contribution is 0.0737. The van der Waals surface area contributed by atoms with E-state index < -0.39 is 0 Å². The van der Waals surface area contributed by atoms with Gasteiger partial charge in [-0.25, -0.2) is 9.97 Å². The maximum absolute atomic E-state index is 12.5. The molecule has 104 valence electrons. The predicted octanol–water partition coefficient (Wildman–Crippen LogP) is 3.12. The van der Waals surface area contributed by atoms with Crippen LogP contribution in [0.2, 0.25) is 5.02 Å². The van der Waals surface area contributed by atoms with Gasteiger partial charge in [0.15, 0.2) is 5.69 Å². The Hall–Kier alpha value is -1.16. The number of halogens is 1. The zero-order chi connectivity index (χ0) is 14.2. The Morgan fingerprint density at radius 1 is 1.47 bits per heavy atom. The molecule has 0 N–H and O–H groups in total. The molecular formula is C14H20ClN3O. The number of carbonyl (C=O) groups is 1. The van der Waals surface area contributed by atoms with Crippen LogP contribution >= 0.6 is 11.6 Å². The number of aromatic nitrogens is 2. The van der Waals surface area contributed by atoms with Crippen LogP contribution in [0, 0.1) is 5.92 Å². The fourth-order valence-electron chi connectivity index (χ4n) is 2.53. The molecule has 1 saturated heterocycles. The van der Waals surface area contributed by atoms with Crippen molar-refractivity contribution in [2.45, 2.75) is 46.1 Å². The van der Waals surface area contributed by atoms with Crippen LogP contribution in [0.15, 0.2) is 6.20 Å². The van der Waals surface area contributed by atoms with Crippen LogP contribution < -0.4 is 0 Å². The molecule has 4 nitrogen and oxygen atoms in total. The highest BCUT2D eigenvalue weighted by molar-refractivity contribution is 6.33. The van der Waals surface area contributed by atoms with Crippen LogP contribution in [0.5, 0.6) is 0 Å². The Kier molecular flexibility index (Phi) is 4.09. The largest absolute Gasteiger partial charge is 0.334 e. The molecule has 5 heteroatoms. The molecule has 0 saturated carbocycles. The molecule has 19 heavy (non-hydrogen) atoms. The lowest BCUT2D eigenvalue weighted by Gasteiger charge is -2.21. The minimum Gasteiger partial charge on any atom is -0.334 e. The summed E-state index contributed by atoms with van der Waals surface area (Å²) in [6.07, 6.45) is 2.56. The van der Waals surface area contributed by atoms with E-state index in [4.69, 9.17) is 11.6 Å². The van der Waals surface area contributed by atoms with Gasteiger partial charge in [0.05, 0.1) is 11.2 Å². The Morgan fingerprint density at radius 2 is 2.16 bits per heavy atom. The molecule has 0 aromatic carbocycles. The summed E-state index contributed by atoms with van der Waals surface area (Å²) in [7, 11) is 0. The zero-order valence-electron chi connectivity index (χ0n) is 11.9. The summed E-state index contributed by atoms with van der Waals surface area (Å²) in [5.41, 5.74) is 0.335. The lowest BCUT2D eigenvalue weighted by Crippen LogP contribution is -2.35. The van der Waals surface area contributed by atoms with Crippen molar-refractivity contribution >= 4 is 17.5 Å². The second-order valence-corrected chi connectivity index (χ2v) is 6.13. The van der Waals surface area contributed by atoms with Gasteiger partial charge < -0.3 is 4.90 Å². The summed E-state index contributed by atoms with van der Waals surface area (Å²) < 4.78 is 0. The standard InChI is InChI=1S/C14H20ClN3O/c1-8(2)13-16-6-11(15)12(17-13)14(19)18-7-9(3)5-10(18)4/h6,8-10H,5,7H2,1-4H3. The van der Waals surface area contributed by atoms with Crippen molar-refractivity contribution in [3.8, 4) is 0 Å². The third-order valence-corrected chi connectivity index (χ3v) is 3.80. The summed E-state index contributed by atoms with van der Waals surface area (Å²) in [4.78, 5) is 22.9. The first-order valence-electron chi connectivity index (χ1n) is 6.73. The predicted molar refractivity (Wildman–Crippen MR) is 75.4 cm³/mol. The van der Waals surface area contributed by atoms with Gasteiger partial charge >= 0.3 is 0 Å². The van der Waals surface area contributed by atoms with Crippen molar-refractivity contribution in [1.29, 1.82) is 0 Å². The normalized spacial score (nSPS) is 23.2. The second-order valence-electron chi connectivity index (χ2n) is 5.73. The molecule has 2 unspecified atom stereocenters. The average molecular weight is 282 g/mol. The van der Waals surface area contributed by atoms with Gasteiger partial charge in [0, 0.05) is 18.5 Å². The van der Waals surface area contributed by atoms with Crippen molar-refractivity contribution in [3.63, 3.8) is 0 Å². The first-order valence-corrected chi connectivity index (χ1v) is 7.11. The van der Waals surface area contributed by atoms with Gasteiger partial charge in [-0.15, -0.1) is 0 Å². The zero-order valence-corrected chi connectivity index (χ0v) is 12.6. The van der Waals surface area contributed by atoms with Gasteiger partial charge in [-0.2, -0.15) is 0 Å². The fourth-order valence-corrected chi connectivity index (χ4v) is 2.70. The van der Waals surface area contributed by atoms with E-state index in [9.17, 15) is 4.79 Å². The maximum atomic E-state index is 12.5. The van der Waals surface area contributed by atoms with Gasteiger partial charge in [0.2, 0.25) is 0 Å². The number of amides is 1. The Morgan fingerprint density at radius 3 is 2.68 bits per heavy atom. The lowest BCUT2D eigenvalue weighted by atomic mass is 10.1. The van der Waals surface area contributed by atoms with E-state index in [-0.39, 0.29) is 17.9 Å². The van der Waals surface area contributed by atoms with Gasteiger partial charge in [-0.1, -0.05) is 32.4 Å². The molecule has 1 aliphatic heterocycles. The minimum absolute atomic E-state index is 0.0776. The monoisotopic (exact) mass is 281 g/mol. The van der Waals surface area contributed by atoms with Gasteiger partial charge in [-0.05, 0) is 19.3 Å². The molecule has 1 fully saturated rings. The highest BCUT2D eigenvalue weighted by Gasteiger charge is 2.32. The van der Waals surface area contributed by atoms with Gasteiger partial charge in [0.25, 0.3) is 5.91 Å². The van der Waals surface area contributed by atoms with E-state index in [0.29, 0.717) is 22.5 Å². The molecule has 1 aromatic rings. The smallest absolute Gasteiger partial charge is 0.274 e. The van der Waals surface area contributed by atoms with E-state index in [0.717, 1.165) is 13.0 Å². The van der Waals surface area contributed by atoms with Crippen LogP contribution in [0.1, 0.15) is 56.3 Å². The Labute approximate surface area is 119 Å².